The van der Waals surface area contributed by atoms with Gasteiger partial charge in [0, 0.05) is 17.4 Å². The van der Waals surface area contributed by atoms with E-state index in [1.807, 2.05) is 6.07 Å². The Hall–Kier alpha value is -1.71. The molecule has 2 rings (SSSR count). The summed E-state index contributed by atoms with van der Waals surface area (Å²) in [5.74, 6) is 0.231. The highest BCUT2D eigenvalue weighted by molar-refractivity contribution is 5.98. The van der Waals surface area contributed by atoms with Crippen molar-refractivity contribution >= 4 is 17.3 Å². The predicted molar refractivity (Wildman–Crippen MR) is 79.0 cm³/mol. The standard InChI is InChI=1S/C15H23N3O/c1-10(11-5-3-2-4-6-11)18-12-7-8-14(16)13(9-12)15(17)19/h7-11,18H,2-6,16H2,1H3,(H2,17,19). The normalized spacial score (nSPS) is 17.9. The maximum absolute atomic E-state index is 11.3. The van der Waals surface area contributed by atoms with Crippen molar-refractivity contribution in [2.45, 2.75) is 45.1 Å². The first-order valence-corrected chi connectivity index (χ1v) is 7.04. The van der Waals surface area contributed by atoms with Gasteiger partial charge in [-0.25, -0.2) is 0 Å². The van der Waals surface area contributed by atoms with E-state index in [2.05, 4.69) is 12.2 Å². The number of hydrogen-bond donors (Lipinski definition) is 3. The lowest BCUT2D eigenvalue weighted by Gasteiger charge is -2.29. The molecule has 1 amide bonds. The molecule has 1 saturated carbocycles. The second kappa shape index (κ2) is 5.95. The summed E-state index contributed by atoms with van der Waals surface area (Å²) in [5, 5.41) is 3.47. The zero-order chi connectivity index (χ0) is 13.8. The van der Waals surface area contributed by atoms with Crippen molar-refractivity contribution in [3.8, 4) is 0 Å². The highest BCUT2D eigenvalue weighted by atomic mass is 16.1. The van der Waals surface area contributed by atoms with Crippen LogP contribution in [0.3, 0.4) is 0 Å². The highest BCUT2D eigenvalue weighted by Gasteiger charge is 2.20. The van der Waals surface area contributed by atoms with Crippen LogP contribution in [0.4, 0.5) is 11.4 Å². The lowest BCUT2D eigenvalue weighted by Crippen LogP contribution is -2.27. The molecule has 0 heterocycles. The van der Waals surface area contributed by atoms with Crippen molar-refractivity contribution in [2.75, 3.05) is 11.1 Å². The SMILES string of the molecule is CC(Nc1ccc(N)c(C(N)=O)c1)C1CCCCC1. The Bertz CT molecular complexity index is 453. The number of hydrogen-bond acceptors (Lipinski definition) is 3. The van der Waals surface area contributed by atoms with E-state index >= 15 is 0 Å². The Balaban J connectivity index is 2.05. The van der Waals surface area contributed by atoms with Crippen LogP contribution in [0.5, 0.6) is 0 Å². The Morgan fingerprint density at radius 1 is 1.32 bits per heavy atom. The van der Waals surface area contributed by atoms with Gasteiger partial charge in [-0.05, 0) is 43.9 Å². The molecule has 4 nitrogen and oxygen atoms in total. The van der Waals surface area contributed by atoms with Crippen LogP contribution in [-0.2, 0) is 0 Å². The molecule has 0 spiro atoms. The van der Waals surface area contributed by atoms with Crippen molar-refractivity contribution in [2.24, 2.45) is 11.7 Å². The van der Waals surface area contributed by atoms with Gasteiger partial charge in [0.25, 0.3) is 5.91 Å². The Morgan fingerprint density at radius 2 is 2.00 bits per heavy atom. The summed E-state index contributed by atoms with van der Waals surface area (Å²) in [6.07, 6.45) is 6.57. The second-order valence-electron chi connectivity index (χ2n) is 5.50. The molecule has 0 bridgehead atoms. The molecule has 0 saturated heterocycles. The van der Waals surface area contributed by atoms with Gasteiger partial charge in [0.15, 0.2) is 0 Å². The van der Waals surface area contributed by atoms with Crippen LogP contribution < -0.4 is 16.8 Å². The second-order valence-corrected chi connectivity index (χ2v) is 5.50. The van der Waals surface area contributed by atoms with Gasteiger partial charge >= 0.3 is 0 Å². The molecule has 1 aliphatic carbocycles. The average molecular weight is 261 g/mol. The molecule has 5 N–H and O–H groups in total. The number of carbonyl (C=O) groups is 1. The zero-order valence-electron chi connectivity index (χ0n) is 11.5. The van der Waals surface area contributed by atoms with Crippen molar-refractivity contribution in [1.82, 2.24) is 0 Å². The molecule has 1 aromatic rings. The molecule has 19 heavy (non-hydrogen) atoms. The van der Waals surface area contributed by atoms with Gasteiger partial charge in [-0.15, -0.1) is 0 Å². The van der Waals surface area contributed by atoms with Crippen molar-refractivity contribution in [1.29, 1.82) is 0 Å². The fraction of sp³-hybridized carbons (Fsp3) is 0.533. The Labute approximate surface area is 114 Å². The molecule has 1 aromatic carbocycles. The summed E-state index contributed by atoms with van der Waals surface area (Å²) in [6, 6.07) is 5.79. The quantitative estimate of drug-likeness (QED) is 0.729. The third-order valence-electron chi connectivity index (χ3n) is 4.07. The number of nitrogens with one attached hydrogen (secondary N) is 1. The monoisotopic (exact) mass is 261 g/mol. The number of amides is 1. The van der Waals surface area contributed by atoms with Crippen LogP contribution in [0.15, 0.2) is 18.2 Å². The first-order chi connectivity index (χ1) is 9.08. The van der Waals surface area contributed by atoms with Gasteiger partial charge in [0.2, 0.25) is 0 Å². The topological polar surface area (TPSA) is 81.1 Å². The number of rotatable bonds is 4. The zero-order valence-corrected chi connectivity index (χ0v) is 11.5. The first-order valence-electron chi connectivity index (χ1n) is 7.04. The number of nitrogens with two attached hydrogens (primary N) is 2. The van der Waals surface area contributed by atoms with Gasteiger partial charge in [0.1, 0.15) is 0 Å². The van der Waals surface area contributed by atoms with Crippen LogP contribution >= 0.6 is 0 Å². The first kappa shape index (κ1) is 13.7. The van der Waals surface area contributed by atoms with E-state index in [0.717, 1.165) is 5.69 Å². The molecule has 1 unspecified atom stereocenters. The van der Waals surface area contributed by atoms with Gasteiger partial charge in [-0.1, -0.05) is 19.3 Å². The molecule has 1 fully saturated rings. The van der Waals surface area contributed by atoms with Gasteiger partial charge < -0.3 is 16.8 Å². The summed E-state index contributed by atoms with van der Waals surface area (Å²) >= 11 is 0. The lowest BCUT2D eigenvalue weighted by molar-refractivity contribution is 0.100. The summed E-state index contributed by atoms with van der Waals surface area (Å²) in [5.41, 5.74) is 12.8. The molecule has 0 radical (unpaired) electrons. The fourth-order valence-electron chi connectivity index (χ4n) is 2.87. The molecule has 1 atom stereocenters. The molecule has 4 heteroatoms. The van der Waals surface area contributed by atoms with E-state index in [1.165, 1.54) is 32.1 Å². The molecule has 104 valence electrons. The predicted octanol–water partition coefficient (Wildman–Crippen LogP) is 2.75. The van der Waals surface area contributed by atoms with Crippen LogP contribution in [0.1, 0.15) is 49.4 Å². The summed E-state index contributed by atoms with van der Waals surface area (Å²) in [4.78, 5) is 11.3. The summed E-state index contributed by atoms with van der Waals surface area (Å²) in [7, 11) is 0. The molecular weight excluding hydrogens is 238 g/mol. The highest BCUT2D eigenvalue weighted by Crippen LogP contribution is 2.28. The minimum atomic E-state index is -0.480. The maximum Gasteiger partial charge on any atom is 0.250 e. The largest absolute Gasteiger partial charge is 0.398 e. The maximum atomic E-state index is 11.3. The number of primary amides is 1. The molecule has 1 aliphatic rings. The molecular formula is C15H23N3O. The number of benzene rings is 1. The minimum absolute atomic E-state index is 0.390. The number of nitrogen functional groups attached to an aromatic ring is 1. The van der Waals surface area contributed by atoms with Gasteiger partial charge in [-0.3, -0.25) is 4.79 Å². The Morgan fingerprint density at radius 3 is 2.63 bits per heavy atom. The third kappa shape index (κ3) is 3.40. The minimum Gasteiger partial charge on any atom is -0.398 e. The van der Waals surface area contributed by atoms with E-state index in [1.54, 1.807) is 12.1 Å². The van der Waals surface area contributed by atoms with E-state index in [0.29, 0.717) is 23.2 Å². The van der Waals surface area contributed by atoms with E-state index in [4.69, 9.17) is 11.5 Å². The lowest BCUT2D eigenvalue weighted by atomic mass is 9.84. The fourth-order valence-corrected chi connectivity index (χ4v) is 2.87. The van der Waals surface area contributed by atoms with Gasteiger partial charge in [-0.2, -0.15) is 0 Å². The van der Waals surface area contributed by atoms with Crippen LogP contribution in [0.25, 0.3) is 0 Å². The molecule has 0 aromatic heterocycles. The van der Waals surface area contributed by atoms with Crippen molar-refractivity contribution in [3.05, 3.63) is 23.8 Å². The molecule has 0 aliphatic heterocycles. The van der Waals surface area contributed by atoms with Crippen LogP contribution in [-0.4, -0.2) is 11.9 Å². The summed E-state index contributed by atoms with van der Waals surface area (Å²) in [6.45, 7) is 2.20. The van der Waals surface area contributed by atoms with Crippen molar-refractivity contribution in [3.63, 3.8) is 0 Å². The summed E-state index contributed by atoms with van der Waals surface area (Å²) < 4.78 is 0. The van der Waals surface area contributed by atoms with Crippen LogP contribution in [0, 0.1) is 5.92 Å². The van der Waals surface area contributed by atoms with E-state index < -0.39 is 5.91 Å². The average Bonchev–Trinajstić information content (AvgIpc) is 2.41. The number of anilines is 2. The van der Waals surface area contributed by atoms with Gasteiger partial charge in [0.05, 0.1) is 5.56 Å². The van der Waals surface area contributed by atoms with E-state index in [-0.39, 0.29) is 0 Å². The Kier molecular flexibility index (Phi) is 4.30. The van der Waals surface area contributed by atoms with E-state index in [9.17, 15) is 4.79 Å². The van der Waals surface area contributed by atoms with Crippen LogP contribution in [0.2, 0.25) is 0 Å². The number of carbonyl (C=O) groups excluding carboxylic acids is 1. The smallest absolute Gasteiger partial charge is 0.250 e. The third-order valence-corrected chi connectivity index (χ3v) is 4.07. The van der Waals surface area contributed by atoms with Crippen molar-refractivity contribution < 1.29 is 4.79 Å².